The maximum Gasteiger partial charge on any atom is 0.255 e. The molecule has 0 aliphatic carbocycles. The van der Waals surface area contributed by atoms with E-state index in [9.17, 15) is 9.18 Å². The number of anilines is 1. The van der Waals surface area contributed by atoms with Crippen LogP contribution in [0.3, 0.4) is 0 Å². The minimum absolute atomic E-state index is 0.221. The van der Waals surface area contributed by atoms with Gasteiger partial charge in [0.1, 0.15) is 5.82 Å². The highest BCUT2D eigenvalue weighted by Crippen LogP contribution is 2.19. The van der Waals surface area contributed by atoms with Gasteiger partial charge in [-0.05, 0) is 37.6 Å². The van der Waals surface area contributed by atoms with E-state index < -0.39 is 0 Å². The fourth-order valence-corrected chi connectivity index (χ4v) is 1.76. The van der Waals surface area contributed by atoms with Crippen LogP contribution < -0.4 is 5.32 Å². The smallest absolute Gasteiger partial charge is 0.255 e. The van der Waals surface area contributed by atoms with Crippen LogP contribution in [0.4, 0.5) is 10.1 Å². The Bertz CT molecular complexity index is 593. The molecule has 2 nitrogen and oxygen atoms in total. The van der Waals surface area contributed by atoms with Crippen LogP contribution in [0.15, 0.2) is 42.5 Å². The van der Waals surface area contributed by atoms with E-state index in [1.807, 2.05) is 19.1 Å². The summed E-state index contributed by atoms with van der Waals surface area (Å²) in [6.45, 7) is 3.51. The molecule has 0 saturated carbocycles. The van der Waals surface area contributed by atoms with Gasteiger partial charge >= 0.3 is 0 Å². The van der Waals surface area contributed by atoms with Gasteiger partial charge in [0.15, 0.2) is 0 Å². The molecule has 0 radical (unpaired) electrons. The number of nitrogens with one attached hydrogen (secondary N) is 1. The van der Waals surface area contributed by atoms with Crippen molar-refractivity contribution in [3.8, 4) is 0 Å². The Hall–Kier alpha value is -2.16. The van der Waals surface area contributed by atoms with E-state index in [0.717, 1.165) is 5.56 Å². The van der Waals surface area contributed by atoms with Gasteiger partial charge in [-0.1, -0.05) is 24.3 Å². The number of carbonyl (C=O) groups is 1. The molecule has 2 rings (SSSR count). The lowest BCUT2D eigenvalue weighted by Gasteiger charge is -2.10. The number of hydrogen-bond acceptors (Lipinski definition) is 1. The highest BCUT2D eigenvalue weighted by Gasteiger charge is 2.10. The number of benzene rings is 2. The third kappa shape index (κ3) is 2.40. The van der Waals surface area contributed by atoms with Crippen LogP contribution in [-0.2, 0) is 0 Å². The Morgan fingerprint density at radius 2 is 1.78 bits per heavy atom. The van der Waals surface area contributed by atoms with Gasteiger partial charge in [-0.15, -0.1) is 0 Å². The van der Waals surface area contributed by atoms with Crippen LogP contribution in [0.5, 0.6) is 0 Å². The molecule has 0 atom stereocenters. The van der Waals surface area contributed by atoms with Crippen LogP contribution in [0.2, 0.25) is 0 Å². The molecular weight excluding hydrogens is 229 g/mol. The fourth-order valence-electron chi connectivity index (χ4n) is 1.76. The van der Waals surface area contributed by atoms with Crippen molar-refractivity contribution in [1.82, 2.24) is 0 Å². The van der Waals surface area contributed by atoms with E-state index >= 15 is 0 Å². The number of rotatable bonds is 2. The van der Waals surface area contributed by atoms with Crippen LogP contribution in [0, 0.1) is 19.7 Å². The van der Waals surface area contributed by atoms with Crippen molar-refractivity contribution in [3.05, 3.63) is 65.0 Å². The summed E-state index contributed by atoms with van der Waals surface area (Å²) < 4.78 is 13.4. The number of hydrogen-bond donors (Lipinski definition) is 1. The average Bonchev–Trinajstić information content (AvgIpc) is 2.35. The van der Waals surface area contributed by atoms with Crippen molar-refractivity contribution in [1.29, 1.82) is 0 Å². The summed E-state index contributed by atoms with van der Waals surface area (Å²) in [5.41, 5.74) is 2.44. The molecule has 1 amide bonds. The zero-order valence-corrected chi connectivity index (χ0v) is 10.3. The molecule has 3 heteroatoms. The number of amides is 1. The standard InChI is InChI=1S/C15H14FNO/c1-10-6-3-4-7-12(10)15(18)17-14-9-5-8-13(16)11(14)2/h3-9H,1-2H3,(H,17,18). The summed E-state index contributed by atoms with van der Waals surface area (Å²) in [5, 5.41) is 2.73. The van der Waals surface area contributed by atoms with Gasteiger partial charge in [0.05, 0.1) is 0 Å². The Labute approximate surface area is 105 Å². The molecule has 0 saturated heterocycles. The lowest BCUT2D eigenvalue weighted by molar-refractivity contribution is 0.102. The minimum Gasteiger partial charge on any atom is -0.322 e. The molecule has 0 unspecified atom stereocenters. The molecular formula is C15H14FNO. The average molecular weight is 243 g/mol. The quantitative estimate of drug-likeness (QED) is 0.856. The normalized spacial score (nSPS) is 10.2. The molecule has 0 spiro atoms. The third-order valence-electron chi connectivity index (χ3n) is 2.91. The molecule has 0 heterocycles. The molecule has 0 fully saturated rings. The molecule has 0 aromatic heterocycles. The van der Waals surface area contributed by atoms with Crippen molar-refractivity contribution in [2.45, 2.75) is 13.8 Å². The molecule has 2 aromatic rings. The topological polar surface area (TPSA) is 29.1 Å². The predicted molar refractivity (Wildman–Crippen MR) is 70.3 cm³/mol. The first-order chi connectivity index (χ1) is 8.59. The summed E-state index contributed by atoms with van der Waals surface area (Å²) in [5.74, 6) is -0.542. The Balaban J connectivity index is 2.27. The van der Waals surface area contributed by atoms with Gasteiger partial charge < -0.3 is 5.32 Å². The van der Waals surface area contributed by atoms with E-state index in [1.54, 1.807) is 31.2 Å². The molecule has 92 valence electrons. The van der Waals surface area contributed by atoms with Crippen LogP contribution in [-0.4, -0.2) is 5.91 Å². The first kappa shape index (κ1) is 12.3. The van der Waals surface area contributed by atoms with Crippen LogP contribution >= 0.6 is 0 Å². The first-order valence-corrected chi connectivity index (χ1v) is 5.71. The lowest BCUT2D eigenvalue weighted by Crippen LogP contribution is -2.14. The molecule has 18 heavy (non-hydrogen) atoms. The maximum absolute atomic E-state index is 13.4. The van der Waals surface area contributed by atoms with Crippen LogP contribution in [0.25, 0.3) is 0 Å². The molecule has 1 N–H and O–H groups in total. The van der Waals surface area contributed by atoms with E-state index in [-0.39, 0.29) is 11.7 Å². The Morgan fingerprint density at radius 3 is 2.50 bits per heavy atom. The summed E-state index contributed by atoms with van der Waals surface area (Å²) in [6, 6.07) is 11.9. The van der Waals surface area contributed by atoms with Crippen molar-refractivity contribution in [2.24, 2.45) is 0 Å². The summed E-state index contributed by atoms with van der Waals surface area (Å²) in [7, 11) is 0. The molecule has 0 aliphatic heterocycles. The second-order valence-electron chi connectivity index (χ2n) is 4.18. The largest absolute Gasteiger partial charge is 0.322 e. The summed E-state index contributed by atoms with van der Waals surface area (Å²) in [6.07, 6.45) is 0. The molecule has 2 aromatic carbocycles. The summed E-state index contributed by atoms with van der Waals surface area (Å²) in [4.78, 5) is 12.1. The van der Waals surface area contributed by atoms with E-state index in [2.05, 4.69) is 5.32 Å². The SMILES string of the molecule is Cc1ccccc1C(=O)Nc1cccc(F)c1C. The van der Waals surface area contributed by atoms with Gasteiger partial charge in [-0.3, -0.25) is 4.79 Å². The molecule has 0 bridgehead atoms. The minimum atomic E-state index is -0.322. The van der Waals surface area contributed by atoms with Crippen molar-refractivity contribution in [2.75, 3.05) is 5.32 Å². The molecule has 0 aliphatic rings. The zero-order chi connectivity index (χ0) is 13.1. The highest BCUT2D eigenvalue weighted by molar-refractivity contribution is 6.05. The summed E-state index contributed by atoms with van der Waals surface area (Å²) >= 11 is 0. The van der Waals surface area contributed by atoms with Gasteiger partial charge in [-0.25, -0.2) is 4.39 Å². The lowest BCUT2D eigenvalue weighted by atomic mass is 10.1. The van der Waals surface area contributed by atoms with Crippen molar-refractivity contribution < 1.29 is 9.18 Å². The van der Waals surface area contributed by atoms with Gasteiger partial charge in [0.25, 0.3) is 5.91 Å². The fraction of sp³-hybridized carbons (Fsp3) is 0.133. The maximum atomic E-state index is 13.4. The Kier molecular flexibility index (Phi) is 3.42. The Morgan fingerprint density at radius 1 is 1.06 bits per heavy atom. The second-order valence-corrected chi connectivity index (χ2v) is 4.18. The predicted octanol–water partition coefficient (Wildman–Crippen LogP) is 3.69. The van der Waals surface area contributed by atoms with Gasteiger partial charge in [0.2, 0.25) is 0 Å². The van der Waals surface area contributed by atoms with Gasteiger partial charge in [-0.2, -0.15) is 0 Å². The second kappa shape index (κ2) is 5.00. The van der Waals surface area contributed by atoms with Gasteiger partial charge in [0, 0.05) is 16.8 Å². The zero-order valence-electron chi connectivity index (χ0n) is 10.3. The number of carbonyl (C=O) groups excluding carboxylic acids is 1. The van der Waals surface area contributed by atoms with E-state index in [0.29, 0.717) is 16.8 Å². The highest BCUT2D eigenvalue weighted by atomic mass is 19.1. The number of aryl methyl sites for hydroxylation is 1. The van der Waals surface area contributed by atoms with E-state index in [1.165, 1.54) is 6.07 Å². The van der Waals surface area contributed by atoms with Crippen LogP contribution in [0.1, 0.15) is 21.5 Å². The third-order valence-corrected chi connectivity index (χ3v) is 2.91. The van der Waals surface area contributed by atoms with E-state index in [4.69, 9.17) is 0 Å². The first-order valence-electron chi connectivity index (χ1n) is 5.71. The van der Waals surface area contributed by atoms with Crippen molar-refractivity contribution in [3.63, 3.8) is 0 Å². The number of halogens is 1. The monoisotopic (exact) mass is 243 g/mol. The van der Waals surface area contributed by atoms with Crippen molar-refractivity contribution >= 4 is 11.6 Å².